The lowest BCUT2D eigenvalue weighted by Crippen LogP contribution is -2.64. The van der Waals surface area contributed by atoms with Crippen LogP contribution in [0.2, 0.25) is 0 Å². The monoisotopic (exact) mass is 729 g/mol. The van der Waals surface area contributed by atoms with Crippen molar-refractivity contribution in [2.24, 2.45) is 10.8 Å². The smallest absolute Gasteiger partial charge is 0.319 e. The molecule has 5 aliphatic rings. The highest BCUT2D eigenvalue weighted by Crippen LogP contribution is 2.55. The lowest BCUT2D eigenvalue weighted by atomic mass is 9.62. The average molecular weight is 730 g/mol. The Balaban J connectivity index is 0.00000197. The Morgan fingerprint density at radius 1 is 1.02 bits per heavy atom. The maximum atomic E-state index is 17.1. The number of benzene rings is 2. The lowest BCUT2D eigenvalue weighted by Gasteiger charge is -2.60. The highest BCUT2D eigenvalue weighted by molar-refractivity contribution is 6.01. The van der Waals surface area contributed by atoms with E-state index in [4.69, 9.17) is 19.4 Å². The Kier molecular flexibility index (Phi) is 9.51. The molecule has 1 spiro atoms. The molecule has 0 radical (unpaired) electrons. The zero-order valence-corrected chi connectivity index (χ0v) is 31.6. The van der Waals surface area contributed by atoms with Gasteiger partial charge >= 0.3 is 6.01 Å². The van der Waals surface area contributed by atoms with Crippen LogP contribution in [0, 0.1) is 22.5 Å². The Bertz CT molecular complexity index is 2010. The van der Waals surface area contributed by atoms with Crippen LogP contribution in [0.1, 0.15) is 91.0 Å². The first-order valence-electron chi connectivity index (χ1n) is 19.8. The normalized spacial score (nSPS) is 26.9. The maximum absolute atomic E-state index is 17.1. The number of ether oxygens (including phenoxy) is 2. The van der Waals surface area contributed by atoms with Crippen molar-refractivity contribution in [1.82, 2.24) is 19.9 Å². The SMILES string of the molecule is CC.CCc1c(F)ccc2cc(O)cc(-c3ncc4c(N5CCCC(C)(O)C5)nc(OCC56CCCC5N(C5CC7(COC7)C5)CCC6)nc4c3F)c12. The molecule has 2 aliphatic carbocycles. The number of hydrogen-bond acceptors (Lipinski definition) is 9. The molecule has 3 aliphatic heterocycles. The molecular formula is C42H53F2N5O4. The molecule has 284 valence electrons. The summed E-state index contributed by atoms with van der Waals surface area (Å²) in [6, 6.07) is 7.10. The van der Waals surface area contributed by atoms with Crippen LogP contribution >= 0.6 is 0 Å². The van der Waals surface area contributed by atoms with Gasteiger partial charge in [0.05, 0.1) is 30.8 Å². The number of aliphatic hydroxyl groups is 1. The van der Waals surface area contributed by atoms with E-state index in [2.05, 4.69) is 9.88 Å². The van der Waals surface area contributed by atoms with Crippen molar-refractivity contribution in [3.05, 3.63) is 47.7 Å². The first kappa shape index (κ1) is 36.3. The number of fused-ring (bicyclic) bond motifs is 3. The summed E-state index contributed by atoms with van der Waals surface area (Å²) in [6.07, 6.45) is 11.4. The Morgan fingerprint density at radius 3 is 2.53 bits per heavy atom. The summed E-state index contributed by atoms with van der Waals surface area (Å²) in [7, 11) is 0. The molecule has 4 aromatic rings. The minimum Gasteiger partial charge on any atom is -0.508 e. The third kappa shape index (κ3) is 6.30. The fourth-order valence-corrected chi connectivity index (χ4v) is 10.3. The van der Waals surface area contributed by atoms with Gasteiger partial charge in [0.25, 0.3) is 0 Å². The highest BCUT2D eigenvalue weighted by Gasteiger charge is 2.56. The van der Waals surface area contributed by atoms with Crippen molar-refractivity contribution in [2.45, 2.75) is 110 Å². The number of nitrogens with zero attached hydrogens (tertiary/aromatic N) is 5. The van der Waals surface area contributed by atoms with Gasteiger partial charge in [-0.1, -0.05) is 33.3 Å². The zero-order valence-electron chi connectivity index (χ0n) is 31.6. The van der Waals surface area contributed by atoms with Gasteiger partial charge in [0.2, 0.25) is 0 Å². The third-order valence-corrected chi connectivity index (χ3v) is 12.8. The second-order valence-corrected chi connectivity index (χ2v) is 16.5. The molecule has 0 amide bonds. The van der Waals surface area contributed by atoms with E-state index in [9.17, 15) is 10.2 Å². The van der Waals surface area contributed by atoms with Crippen LogP contribution in [-0.4, -0.2) is 87.2 Å². The largest absolute Gasteiger partial charge is 0.508 e. The van der Waals surface area contributed by atoms with Gasteiger partial charge in [0.15, 0.2) is 5.82 Å². The third-order valence-electron chi connectivity index (χ3n) is 12.8. The number of aromatic nitrogens is 3. The predicted molar refractivity (Wildman–Crippen MR) is 202 cm³/mol. The fraction of sp³-hybridized carbons (Fsp3) is 0.595. The number of anilines is 1. The van der Waals surface area contributed by atoms with Gasteiger partial charge < -0.3 is 24.6 Å². The molecule has 0 bridgehead atoms. The number of rotatable bonds is 7. The first-order chi connectivity index (χ1) is 25.6. The van der Waals surface area contributed by atoms with Gasteiger partial charge in [-0.3, -0.25) is 9.88 Å². The van der Waals surface area contributed by atoms with Crippen molar-refractivity contribution in [1.29, 1.82) is 0 Å². The number of pyridine rings is 1. The second kappa shape index (κ2) is 13.9. The molecule has 2 aromatic carbocycles. The molecule has 3 atom stereocenters. The summed E-state index contributed by atoms with van der Waals surface area (Å²) >= 11 is 0. The molecule has 2 N–H and O–H groups in total. The van der Waals surface area contributed by atoms with Crippen molar-refractivity contribution in [3.63, 3.8) is 0 Å². The summed E-state index contributed by atoms with van der Waals surface area (Å²) in [4.78, 5) is 19.0. The van der Waals surface area contributed by atoms with E-state index in [0.29, 0.717) is 83.1 Å². The van der Waals surface area contributed by atoms with Crippen LogP contribution in [0.4, 0.5) is 14.6 Å². The molecule has 11 heteroatoms. The van der Waals surface area contributed by atoms with Gasteiger partial charge in [-0.15, -0.1) is 0 Å². The second-order valence-electron chi connectivity index (χ2n) is 16.5. The Morgan fingerprint density at radius 2 is 1.79 bits per heavy atom. The fourth-order valence-electron chi connectivity index (χ4n) is 10.3. The number of aryl methyl sites for hydroxylation is 1. The van der Waals surface area contributed by atoms with E-state index in [1.165, 1.54) is 25.0 Å². The molecule has 5 fully saturated rings. The van der Waals surface area contributed by atoms with E-state index in [1.807, 2.05) is 32.6 Å². The van der Waals surface area contributed by atoms with Gasteiger partial charge in [0.1, 0.15) is 28.6 Å². The maximum Gasteiger partial charge on any atom is 0.319 e. The van der Waals surface area contributed by atoms with Crippen LogP contribution in [-0.2, 0) is 11.2 Å². The minimum absolute atomic E-state index is 0.0204. The molecule has 2 saturated carbocycles. The lowest BCUT2D eigenvalue weighted by molar-refractivity contribution is -0.196. The van der Waals surface area contributed by atoms with E-state index >= 15 is 8.78 Å². The minimum atomic E-state index is -0.934. The van der Waals surface area contributed by atoms with Crippen LogP contribution in [0.25, 0.3) is 32.9 Å². The Labute approximate surface area is 310 Å². The summed E-state index contributed by atoms with van der Waals surface area (Å²) < 4.78 is 44.3. The van der Waals surface area contributed by atoms with Crippen molar-refractivity contribution >= 4 is 27.5 Å². The molecular weight excluding hydrogens is 676 g/mol. The molecule has 9 rings (SSSR count). The number of phenolic OH excluding ortho intramolecular Hbond substituents is 1. The summed E-state index contributed by atoms with van der Waals surface area (Å²) in [5.41, 5.74) is 0.192. The van der Waals surface area contributed by atoms with Crippen LogP contribution in [0.15, 0.2) is 30.5 Å². The number of phenols is 1. The van der Waals surface area contributed by atoms with Gasteiger partial charge in [0, 0.05) is 47.8 Å². The standard InChI is InChI=1S/C40H47F2N5O4.C2H6/c1-3-27-30(41)9-8-24-15-26(48)16-28(32(24)27)34-33(42)35-29(19-43-34)36(46-13-5-10-38(2,49)20-46)45-37(44-35)51-23-40-11-4-7-31(40)47(14-6-12-40)25-17-39(18-25)21-50-22-39;1-2/h8-9,15-16,19,25,31,48-49H,3-7,10-14,17-18,20-23H2,1-2H3;1-2H3. The van der Waals surface area contributed by atoms with Gasteiger partial charge in [-0.25, -0.2) is 8.78 Å². The molecule has 3 unspecified atom stereocenters. The summed E-state index contributed by atoms with van der Waals surface area (Å²) in [5, 5.41) is 23.2. The van der Waals surface area contributed by atoms with E-state index in [-0.39, 0.29) is 28.4 Å². The highest BCUT2D eigenvalue weighted by atomic mass is 19.1. The number of aromatic hydroxyl groups is 1. The molecule has 5 heterocycles. The number of hydrogen-bond donors (Lipinski definition) is 2. The average Bonchev–Trinajstić information content (AvgIpc) is 3.55. The number of likely N-dealkylation sites (tertiary alicyclic amines) is 1. The van der Waals surface area contributed by atoms with Crippen molar-refractivity contribution in [2.75, 3.05) is 44.4 Å². The van der Waals surface area contributed by atoms with Crippen molar-refractivity contribution < 1.29 is 28.5 Å². The van der Waals surface area contributed by atoms with Crippen LogP contribution < -0.4 is 9.64 Å². The van der Waals surface area contributed by atoms with Crippen LogP contribution in [0.3, 0.4) is 0 Å². The van der Waals surface area contributed by atoms with Gasteiger partial charge in [-0.05, 0) is 106 Å². The van der Waals surface area contributed by atoms with E-state index < -0.39 is 17.2 Å². The van der Waals surface area contributed by atoms with E-state index in [0.717, 1.165) is 58.3 Å². The molecule has 3 saturated heterocycles. The number of piperidine rings is 2. The molecule has 9 nitrogen and oxygen atoms in total. The quantitative estimate of drug-likeness (QED) is 0.196. The van der Waals surface area contributed by atoms with Crippen molar-refractivity contribution in [3.8, 4) is 23.0 Å². The number of halogens is 2. The summed E-state index contributed by atoms with van der Waals surface area (Å²) in [6.45, 7) is 12.0. The first-order valence-corrected chi connectivity index (χ1v) is 19.8. The predicted octanol–water partition coefficient (Wildman–Crippen LogP) is 7.96. The summed E-state index contributed by atoms with van der Waals surface area (Å²) in [5.74, 6) is -0.680. The topological polar surface area (TPSA) is 104 Å². The van der Waals surface area contributed by atoms with Crippen LogP contribution in [0.5, 0.6) is 11.8 Å². The zero-order chi connectivity index (χ0) is 37.1. The number of β-amino-alcohol motifs (C(OH)–C–C–N with tert-alkyl or cyclic N) is 1. The van der Waals surface area contributed by atoms with E-state index in [1.54, 1.807) is 18.3 Å². The molecule has 2 aromatic heterocycles. The molecule has 53 heavy (non-hydrogen) atoms. The Hall–Kier alpha value is -3.67. The van der Waals surface area contributed by atoms with Gasteiger partial charge in [-0.2, -0.15) is 9.97 Å².